The first-order chi connectivity index (χ1) is 13.7. The van der Waals surface area contributed by atoms with Gasteiger partial charge in [-0.25, -0.2) is 10.5 Å². The third kappa shape index (κ3) is 2.47. The molecule has 4 aromatic rings. The molecule has 1 amide bonds. The van der Waals surface area contributed by atoms with Crippen LogP contribution in [-0.2, 0) is 12.8 Å². The number of nitrogens with one attached hydrogen (secondary N) is 2. The molecule has 7 heteroatoms. The topological polar surface area (TPSA) is 104 Å². The lowest BCUT2D eigenvalue weighted by molar-refractivity contribution is 0.0706. The lowest BCUT2D eigenvalue weighted by atomic mass is 9.86. The first kappa shape index (κ1) is 16.8. The van der Waals surface area contributed by atoms with Gasteiger partial charge in [-0.3, -0.25) is 20.1 Å². The molecule has 3 aromatic heterocycles. The van der Waals surface area contributed by atoms with Gasteiger partial charge in [0.05, 0.1) is 28.0 Å². The molecule has 0 radical (unpaired) electrons. The van der Waals surface area contributed by atoms with Crippen LogP contribution in [0.3, 0.4) is 0 Å². The van der Waals surface area contributed by atoms with E-state index in [1.165, 1.54) is 22.7 Å². The molecule has 1 aliphatic rings. The summed E-state index contributed by atoms with van der Waals surface area (Å²) >= 11 is 0. The first-order valence-corrected chi connectivity index (χ1v) is 9.37. The fourth-order valence-electron chi connectivity index (χ4n) is 4.23. The number of hydrogen-bond acceptors (Lipinski definition) is 5. The van der Waals surface area contributed by atoms with Crippen molar-refractivity contribution in [2.75, 3.05) is 0 Å². The van der Waals surface area contributed by atoms with Crippen molar-refractivity contribution in [2.45, 2.75) is 32.6 Å². The van der Waals surface area contributed by atoms with Crippen molar-refractivity contribution in [3.05, 3.63) is 52.8 Å². The van der Waals surface area contributed by atoms with Crippen LogP contribution in [0.15, 0.2) is 30.5 Å². The van der Waals surface area contributed by atoms with Crippen molar-refractivity contribution < 1.29 is 10.0 Å². The molecule has 0 fully saturated rings. The largest absolute Gasteiger partial charge is 0.288 e. The maximum atomic E-state index is 11.6. The smallest absolute Gasteiger partial charge is 0.276 e. The average molecular weight is 373 g/mol. The molecule has 0 aliphatic heterocycles. The van der Waals surface area contributed by atoms with Gasteiger partial charge in [-0.2, -0.15) is 5.10 Å². The van der Waals surface area contributed by atoms with Gasteiger partial charge in [0, 0.05) is 22.7 Å². The van der Waals surface area contributed by atoms with E-state index in [-0.39, 0.29) is 0 Å². The van der Waals surface area contributed by atoms with Crippen LogP contribution < -0.4 is 5.48 Å². The lowest BCUT2D eigenvalue weighted by Crippen LogP contribution is -2.18. The summed E-state index contributed by atoms with van der Waals surface area (Å²) < 4.78 is 0. The van der Waals surface area contributed by atoms with Gasteiger partial charge in [0.15, 0.2) is 0 Å². The number of fused-ring (bicyclic) bond motifs is 5. The zero-order valence-electron chi connectivity index (χ0n) is 15.4. The maximum absolute atomic E-state index is 11.6. The number of aromatic nitrogens is 4. The molecule has 5 rings (SSSR count). The van der Waals surface area contributed by atoms with E-state index >= 15 is 0 Å². The molecule has 1 aromatic carbocycles. The number of nitrogens with zero attached hydrogens (tertiary/aromatic N) is 3. The Morgan fingerprint density at radius 3 is 2.61 bits per heavy atom. The van der Waals surface area contributed by atoms with Gasteiger partial charge in [0.25, 0.3) is 5.91 Å². The van der Waals surface area contributed by atoms with Crippen molar-refractivity contribution in [3.8, 4) is 11.4 Å². The Morgan fingerprint density at radius 1 is 1.07 bits per heavy atom. The Hall–Kier alpha value is -3.32. The van der Waals surface area contributed by atoms with Gasteiger partial charge in [-0.15, -0.1) is 0 Å². The SMILES string of the molecule is Cc1[nH]nc2ccc3nc(-c4ccc(C(=O)NO)cn4)c4c(c3c12)CCCC4. The number of H-pyrrole nitrogens is 1. The van der Waals surface area contributed by atoms with Crippen LogP contribution in [0.5, 0.6) is 0 Å². The van der Waals surface area contributed by atoms with E-state index in [1.54, 1.807) is 17.6 Å². The van der Waals surface area contributed by atoms with Crippen molar-refractivity contribution in [1.82, 2.24) is 25.6 Å². The lowest BCUT2D eigenvalue weighted by Gasteiger charge is -2.21. The van der Waals surface area contributed by atoms with E-state index in [9.17, 15) is 4.79 Å². The quantitative estimate of drug-likeness (QED) is 0.369. The standard InChI is InChI=1S/C21H19N5O2/c1-11-18-16(25-24-11)9-8-15-19(18)13-4-2-3-5-14(13)20(23-15)17-7-6-12(10-22-17)21(27)26-28/h6-10,28H,2-5H2,1H3,(H,24,25)(H,26,27). The second-order valence-electron chi connectivity index (χ2n) is 7.20. The molecule has 7 nitrogen and oxygen atoms in total. The highest BCUT2D eigenvalue weighted by Gasteiger charge is 2.22. The maximum Gasteiger partial charge on any atom is 0.276 e. The van der Waals surface area contributed by atoms with Crippen LogP contribution in [-0.4, -0.2) is 31.3 Å². The molecule has 0 atom stereocenters. The summed E-state index contributed by atoms with van der Waals surface area (Å²) in [5, 5.41) is 18.6. The third-order valence-electron chi connectivity index (χ3n) is 5.54. The average Bonchev–Trinajstić information content (AvgIpc) is 3.13. The van der Waals surface area contributed by atoms with Crippen LogP contribution >= 0.6 is 0 Å². The second kappa shape index (κ2) is 6.38. The summed E-state index contributed by atoms with van der Waals surface area (Å²) in [4.78, 5) is 21.0. The minimum atomic E-state index is -0.578. The molecular weight excluding hydrogens is 354 g/mol. The summed E-state index contributed by atoms with van der Waals surface area (Å²) in [7, 11) is 0. The number of aryl methyl sites for hydroxylation is 2. The molecular formula is C21H19N5O2. The number of carbonyl (C=O) groups is 1. The molecule has 0 saturated heterocycles. The van der Waals surface area contributed by atoms with E-state index in [4.69, 9.17) is 10.2 Å². The molecule has 140 valence electrons. The fourth-order valence-corrected chi connectivity index (χ4v) is 4.23. The molecule has 1 aliphatic carbocycles. The number of aromatic amines is 1. The van der Waals surface area contributed by atoms with Gasteiger partial charge >= 0.3 is 0 Å². The number of amides is 1. The van der Waals surface area contributed by atoms with Gasteiger partial charge in [0.1, 0.15) is 0 Å². The van der Waals surface area contributed by atoms with Crippen LogP contribution in [0.2, 0.25) is 0 Å². The highest BCUT2D eigenvalue weighted by molar-refractivity contribution is 6.09. The molecule has 0 bridgehead atoms. The molecule has 3 N–H and O–H groups in total. The number of pyridine rings is 2. The molecule has 28 heavy (non-hydrogen) atoms. The van der Waals surface area contributed by atoms with Crippen molar-refractivity contribution in [3.63, 3.8) is 0 Å². The van der Waals surface area contributed by atoms with Gasteiger partial charge < -0.3 is 0 Å². The number of hydroxylamine groups is 1. The summed E-state index contributed by atoms with van der Waals surface area (Å²) in [5.41, 5.74) is 9.07. The minimum Gasteiger partial charge on any atom is -0.288 e. The Morgan fingerprint density at radius 2 is 1.86 bits per heavy atom. The fraction of sp³-hybridized carbons (Fsp3) is 0.238. The molecule has 0 saturated carbocycles. The Balaban J connectivity index is 1.77. The zero-order valence-corrected chi connectivity index (χ0v) is 15.4. The molecule has 3 heterocycles. The first-order valence-electron chi connectivity index (χ1n) is 9.37. The molecule has 0 unspecified atom stereocenters. The minimum absolute atomic E-state index is 0.302. The highest BCUT2D eigenvalue weighted by Crippen LogP contribution is 2.38. The van der Waals surface area contributed by atoms with Crippen molar-refractivity contribution >= 4 is 27.7 Å². The third-order valence-corrected chi connectivity index (χ3v) is 5.54. The number of hydrogen-bond donors (Lipinski definition) is 3. The second-order valence-corrected chi connectivity index (χ2v) is 7.20. The van der Waals surface area contributed by atoms with Crippen molar-refractivity contribution in [2.24, 2.45) is 0 Å². The van der Waals surface area contributed by atoms with E-state index < -0.39 is 5.91 Å². The Kier molecular flexibility index (Phi) is 3.84. The Bertz CT molecular complexity index is 1230. The summed E-state index contributed by atoms with van der Waals surface area (Å²) in [6.45, 7) is 2.05. The number of benzene rings is 1. The predicted molar refractivity (Wildman–Crippen MR) is 105 cm³/mol. The van der Waals surface area contributed by atoms with Gasteiger partial charge in [0.2, 0.25) is 0 Å². The van der Waals surface area contributed by atoms with Gasteiger partial charge in [-0.05, 0) is 68.0 Å². The van der Waals surface area contributed by atoms with E-state index in [2.05, 4.69) is 15.2 Å². The van der Waals surface area contributed by atoms with Crippen LogP contribution in [0.1, 0.15) is 40.0 Å². The predicted octanol–water partition coefficient (Wildman–Crippen LogP) is 3.48. The summed E-state index contributed by atoms with van der Waals surface area (Å²) in [5.74, 6) is -0.578. The van der Waals surface area contributed by atoms with Gasteiger partial charge in [-0.1, -0.05) is 0 Å². The van der Waals surface area contributed by atoms with E-state index in [1.807, 2.05) is 19.1 Å². The van der Waals surface area contributed by atoms with E-state index in [0.29, 0.717) is 5.56 Å². The normalized spacial score (nSPS) is 13.6. The van der Waals surface area contributed by atoms with Crippen LogP contribution in [0.25, 0.3) is 33.2 Å². The Labute approximate surface area is 160 Å². The zero-order chi connectivity index (χ0) is 19.3. The van der Waals surface area contributed by atoms with Crippen LogP contribution in [0.4, 0.5) is 0 Å². The van der Waals surface area contributed by atoms with E-state index in [0.717, 1.165) is 59.2 Å². The number of carbonyl (C=O) groups excluding carboxylic acids is 1. The number of rotatable bonds is 2. The summed E-state index contributed by atoms with van der Waals surface area (Å²) in [6, 6.07) is 7.45. The monoisotopic (exact) mass is 373 g/mol. The van der Waals surface area contributed by atoms with Crippen LogP contribution in [0, 0.1) is 6.92 Å². The summed E-state index contributed by atoms with van der Waals surface area (Å²) in [6.07, 6.45) is 5.71. The van der Waals surface area contributed by atoms with Crippen molar-refractivity contribution in [1.29, 1.82) is 0 Å². The highest BCUT2D eigenvalue weighted by atomic mass is 16.5. The molecule has 0 spiro atoms.